The van der Waals surface area contributed by atoms with Gasteiger partial charge in [-0.25, -0.2) is 4.58 Å². The molecule has 0 saturated heterocycles. The number of benzene rings is 2. The number of phenolic OH excluding ortho intramolecular Hbond substituents is 1. The minimum absolute atomic E-state index is 0.180. The van der Waals surface area contributed by atoms with Gasteiger partial charge in [-0.3, -0.25) is 0 Å². The van der Waals surface area contributed by atoms with Gasteiger partial charge in [-0.15, -0.1) is 0 Å². The van der Waals surface area contributed by atoms with Crippen LogP contribution in [0.4, 0.5) is 13.2 Å². The summed E-state index contributed by atoms with van der Waals surface area (Å²) in [5.74, 6) is -0.736. The second-order valence-electron chi connectivity index (χ2n) is 7.22. The summed E-state index contributed by atoms with van der Waals surface area (Å²) in [6.07, 6.45) is -1.27. The Bertz CT molecular complexity index is 1060. The van der Waals surface area contributed by atoms with Crippen LogP contribution in [-0.4, -0.2) is 55.9 Å². The Morgan fingerprint density at radius 2 is 1.72 bits per heavy atom. The number of aromatic hydroxyl groups is 1. The Morgan fingerprint density at radius 3 is 2.28 bits per heavy atom. The Kier molecular flexibility index (Phi) is 6.52. The minimum atomic E-state index is -5.19. The lowest BCUT2D eigenvalue weighted by atomic mass is 9.85. The second-order valence-corrected chi connectivity index (χ2v) is 7.22. The van der Waals surface area contributed by atoms with Crippen LogP contribution < -0.4 is 19.3 Å². The van der Waals surface area contributed by atoms with Crippen LogP contribution in [-0.2, 0) is 17.6 Å². The SMILES string of the molecule is COc1cc2c(cc1OC)[C@@H]1Cc3ccc(O)c(OC)c3C=[N+]1CC2.O=C([O-])C(F)(F)F. The van der Waals surface area contributed by atoms with Crippen molar-refractivity contribution < 1.29 is 47.0 Å². The molecule has 0 amide bonds. The summed E-state index contributed by atoms with van der Waals surface area (Å²) >= 11 is 0. The lowest BCUT2D eigenvalue weighted by molar-refractivity contribution is -0.573. The van der Waals surface area contributed by atoms with Crippen molar-refractivity contribution >= 4 is 12.2 Å². The van der Waals surface area contributed by atoms with Gasteiger partial charge >= 0.3 is 6.18 Å². The van der Waals surface area contributed by atoms with Gasteiger partial charge in [0.05, 0.1) is 26.9 Å². The van der Waals surface area contributed by atoms with Crippen LogP contribution in [0, 0.1) is 0 Å². The van der Waals surface area contributed by atoms with Crippen molar-refractivity contribution in [1.82, 2.24) is 0 Å². The van der Waals surface area contributed by atoms with Crippen molar-refractivity contribution in [2.45, 2.75) is 25.1 Å². The molecule has 0 aromatic heterocycles. The molecule has 172 valence electrons. The van der Waals surface area contributed by atoms with Crippen molar-refractivity contribution in [1.29, 1.82) is 0 Å². The van der Waals surface area contributed by atoms with E-state index in [0.29, 0.717) is 5.75 Å². The maximum absolute atomic E-state index is 10.5. The first-order valence-electron chi connectivity index (χ1n) is 9.63. The van der Waals surface area contributed by atoms with Crippen LogP contribution in [0.5, 0.6) is 23.0 Å². The second kappa shape index (κ2) is 8.97. The standard InChI is InChI=1S/C20H21NO4.C2HF3O2/c1-23-18-9-13-6-7-21-11-15-12(4-5-17(22)20(15)25-3)8-16(21)14(13)10-19(18)24-2;3-2(4,5)1(6)7/h4-5,9-11,16H,6-8H2,1-3H3;(H,6,7)/t16-;/m0./s1. The summed E-state index contributed by atoms with van der Waals surface area (Å²) in [7, 11) is 4.93. The van der Waals surface area contributed by atoms with Crippen molar-refractivity contribution in [3.05, 3.63) is 46.5 Å². The molecule has 2 aromatic rings. The number of alkyl halides is 3. The molecule has 0 bridgehead atoms. The predicted molar refractivity (Wildman–Crippen MR) is 106 cm³/mol. The van der Waals surface area contributed by atoms with E-state index < -0.39 is 12.1 Å². The summed E-state index contributed by atoms with van der Waals surface area (Å²) in [5.41, 5.74) is 4.74. The maximum Gasteiger partial charge on any atom is 0.430 e. The quantitative estimate of drug-likeness (QED) is 0.715. The normalized spacial score (nSPS) is 16.3. The summed E-state index contributed by atoms with van der Waals surface area (Å²) in [6.45, 7) is 0.922. The van der Waals surface area contributed by atoms with Crippen molar-refractivity contribution in [2.75, 3.05) is 27.9 Å². The first-order chi connectivity index (χ1) is 15.1. The molecule has 0 radical (unpaired) electrons. The number of fused-ring (bicyclic) bond motifs is 4. The van der Waals surface area contributed by atoms with E-state index in [9.17, 15) is 18.3 Å². The number of hydrogen-bond acceptors (Lipinski definition) is 6. The number of phenols is 1. The summed E-state index contributed by atoms with van der Waals surface area (Å²) < 4.78 is 50.2. The van der Waals surface area contributed by atoms with Gasteiger partial charge < -0.3 is 29.2 Å². The molecule has 2 aliphatic heterocycles. The van der Waals surface area contributed by atoms with E-state index in [0.717, 1.165) is 36.4 Å². The third-order valence-electron chi connectivity index (χ3n) is 5.45. The van der Waals surface area contributed by atoms with Gasteiger partial charge in [0, 0.05) is 18.4 Å². The molecule has 1 atom stereocenters. The van der Waals surface area contributed by atoms with Crippen LogP contribution in [0.2, 0.25) is 0 Å². The number of ether oxygens (including phenoxy) is 3. The van der Waals surface area contributed by atoms with Crippen LogP contribution in [0.3, 0.4) is 0 Å². The van der Waals surface area contributed by atoms with Gasteiger partial charge in [0.2, 0.25) is 0 Å². The Hall–Kier alpha value is -3.43. The first kappa shape index (κ1) is 23.2. The monoisotopic (exact) mass is 453 g/mol. The van der Waals surface area contributed by atoms with Gasteiger partial charge in [-0.1, -0.05) is 6.07 Å². The number of rotatable bonds is 3. The van der Waals surface area contributed by atoms with Crippen molar-refractivity contribution in [2.24, 2.45) is 0 Å². The number of nitrogens with zero attached hydrogens (tertiary/aromatic N) is 1. The average molecular weight is 453 g/mol. The van der Waals surface area contributed by atoms with Crippen LogP contribution in [0.1, 0.15) is 28.3 Å². The molecule has 10 heteroatoms. The zero-order valence-corrected chi connectivity index (χ0v) is 17.7. The fourth-order valence-electron chi connectivity index (χ4n) is 3.97. The highest BCUT2D eigenvalue weighted by molar-refractivity contribution is 5.85. The van der Waals surface area contributed by atoms with E-state index >= 15 is 0 Å². The third kappa shape index (κ3) is 4.44. The third-order valence-corrected chi connectivity index (χ3v) is 5.45. The van der Waals surface area contributed by atoms with Gasteiger partial charge in [-0.05, 0) is 29.3 Å². The molecular formula is C22H22F3NO6. The molecule has 2 aromatic carbocycles. The van der Waals surface area contributed by atoms with E-state index in [1.807, 2.05) is 6.07 Å². The van der Waals surface area contributed by atoms with Gasteiger partial charge in [0.15, 0.2) is 35.3 Å². The molecule has 32 heavy (non-hydrogen) atoms. The highest BCUT2D eigenvalue weighted by Crippen LogP contribution is 2.42. The molecule has 2 heterocycles. The number of aliphatic carboxylic acids is 1. The van der Waals surface area contributed by atoms with Crippen molar-refractivity contribution in [3.8, 4) is 23.0 Å². The van der Waals surface area contributed by atoms with E-state index in [-0.39, 0.29) is 11.8 Å². The number of halogens is 3. The van der Waals surface area contributed by atoms with E-state index in [4.69, 9.17) is 24.1 Å². The largest absolute Gasteiger partial charge is 0.542 e. The molecule has 1 N–H and O–H groups in total. The zero-order valence-electron chi connectivity index (χ0n) is 17.7. The number of carboxylic acid groups (broad SMARTS) is 1. The molecule has 0 fully saturated rings. The first-order valence-corrected chi connectivity index (χ1v) is 9.63. The molecule has 4 rings (SSSR count). The predicted octanol–water partition coefficient (Wildman–Crippen LogP) is 2.00. The Morgan fingerprint density at radius 1 is 1.09 bits per heavy atom. The number of carbonyl (C=O) groups excluding carboxylic acids is 1. The summed E-state index contributed by atoms with van der Waals surface area (Å²) in [6, 6.07) is 8.14. The molecule has 2 aliphatic rings. The van der Waals surface area contributed by atoms with E-state index in [1.165, 1.54) is 16.7 Å². The summed E-state index contributed by atoms with van der Waals surface area (Å²) in [5, 5.41) is 18.8. The number of hydrogen-bond donors (Lipinski definition) is 1. The zero-order chi connectivity index (χ0) is 23.6. The Balaban J connectivity index is 0.000000360. The smallest absolute Gasteiger partial charge is 0.430 e. The molecule has 0 saturated carbocycles. The molecule has 7 nitrogen and oxygen atoms in total. The summed E-state index contributed by atoms with van der Waals surface area (Å²) in [4.78, 5) is 8.78. The fraction of sp³-hybridized carbons (Fsp3) is 0.364. The fourth-order valence-corrected chi connectivity index (χ4v) is 3.97. The van der Waals surface area contributed by atoms with Gasteiger partial charge in [0.1, 0.15) is 12.5 Å². The highest BCUT2D eigenvalue weighted by atomic mass is 19.4. The number of carboxylic acids is 1. The minimum Gasteiger partial charge on any atom is -0.542 e. The van der Waals surface area contributed by atoms with Gasteiger partial charge in [0.25, 0.3) is 0 Å². The molecule has 0 spiro atoms. The van der Waals surface area contributed by atoms with E-state index in [2.05, 4.69) is 22.9 Å². The molecule has 0 unspecified atom stereocenters. The van der Waals surface area contributed by atoms with Crippen LogP contribution in [0.25, 0.3) is 0 Å². The van der Waals surface area contributed by atoms with Crippen molar-refractivity contribution in [3.63, 3.8) is 0 Å². The lowest BCUT2D eigenvalue weighted by Gasteiger charge is -2.29. The number of methoxy groups -OCH3 is 3. The van der Waals surface area contributed by atoms with Crippen LogP contribution >= 0.6 is 0 Å². The lowest BCUT2D eigenvalue weighted by Crippen LogP contribution is -2.37. The average Bonchev–Trinajstić information content (AvgIpc) is 2.76. The highest BCUT2D eigenvalue weighted by Gasteiger charge is 2.36. The molecular weight excluding hydrogens is 431 g/mol. The maximum atomic E-state index is 10.5. The number of carbonyl (C=O) groups is 1. The van der Waals surface area contributed by atoms with Crippen LogP contribution in [0.15, 0.2) is 24.3 Å². The Labute approximate surface area is 182 Å². The van der Waals surface area contributed by atoms with Gasteiger partial charge in [-0.2, -0.15) is 13.2 Å². The molecule has 0 aliphatic carbocycles. The topological polar surface area (TPSA) is 91.1 Å². The van der Waals surface area contributed by atoms with E-state index in [1.54, 1.807) is 27.4 Å².